The van der Waals surface area contributed by atoms with Gasteiger partial charge in [0.2, 0.25) is 0 Å². The molecule has 0 saturated carbocycles. The lowest BCUT2D eigenvalue weighted by Crippen LogP contribution is -2.35. The van der Waals surface area contributed by atoms with Crippen molar-refractivity contribution >= 4 is 11.6 Å². The molecule has 0 unspecified atom stereocenters. The van der Waals surface area contributed by atoms with Gasteiger partial charge in [-0.15, -0.1) is 0 Å². The summed E-state index contributed by atoms with van der Waals surface area (Å²) in [5.41, 5.74) is 16.9. The fraction of sp³-hybridized carbons (Fsp3) is 0.120. The molecule has 0 aliphatic carbocycles. The molecule has 0 radical (unpaired) electrons. The molecule has 8 heteroatoms. The van der Waals surface area contributed by atoms with Gasteiger partial charge in [0, 0.05) is 23.9 Å². The van der Waals surface area contributed by atoms with Gasteiger partial charge in [0.25, 0.3) is 5.91 Å². The maximum absolute atomic E-state index is 13.2. The first-order valence-electron chi connectivity index (χ1n) is 10.8. The fourth-order valence-electron chi connectivity index (χ4n) is 3.79. The number of anilines is 1. The number of hydrogen-bond donors (Lipinski definition) is 5. The number of hydrogen-bond acceptors (Lipinski definition) is 6. The Morgan fingerprint density at radius 2 is 1.52 bits per heavy atom. The molecule has 1 aromatic heterocycles. The zero-order valence-corrected chi connectivity index (χ0v) is 18.0. The van der Waals surface area contributed by atoms with Gasteiger partial charge in [-0.3, -0.25) is 9.48 Å². The predicted molar refractivity (Wildman–Crippen MR) is 128 cm³/mol. The van der Waals surface area contributed by atoms with E-state index in [0.717, 1.165) is 28.8 Å². The smallest absolute Gasteiger partial charge is 0.259 e. The van der Waals surface area contributed by atoms with Crippen LogP contribution in [-0.2, 0) is 13.0 Å². The molecule has 1 amide bonds. The number of amides is 1. The van der Waals surface area contributed by atoms with Crippen LogP contribution in [0.2, 0.25) is 0 Å². The van der Waals surface area contributed by atoms with Crippen molar-refractivity contribution in [1.82, 2.24) is 31.7 Å². The number of aromatic nitrogens is 2. The van der Waals surface area contributed by atoms with Gasteiger partial charge in [0.1, 0.15) is 5.69 Å². The van der Waals surface area contributed by atoms with Crippen molar-refractivity contribution in [2.75, 3.05) is 5.32 Å². The maximum Gasteiger partial charge on any atom is 0.259 e. The first-order chi connectivity index (χ1) is 16.2. The molecule has 0 bridgehead atoms. The van der Waals surface area contributed by atoms with E-state index < -0.39 is 0 Å². The van der Waals surface area contributed by atoms with Gasteiger partial charge in [-0.2, -0.15) is 16.2 Å². The largest absolute Gasteiger partial charge is 0.322 e. The molecule has 3 aromatic carbocycles. The zero-order chi connectivity index (χ0) is 22.5. The summed E-state index contributed by atoms with van der Waals surface area (Å²) in [4.78, 5) is 13.2. The van der Waals surface area contributed by atoms with Crippen LogP contribution in [-0.4, -0.2) is 21.9 Å². The van der Waals surface area contributed by atoms with E-state index in [4.69, 9.17) is 5.10 Å². The van der Waals surface area contributed by atoms with Crippen molar-refractivity contribution in [2.24, 2.45) is 0 Å². The second-order valence-corrected chi connectivity index (χ2v) is 7.89. The third kappa shape index (κ3) is 5.16. The van der Waals surface area contributed by atoms with Crippen LogP contribution in [0.15, 0.2) is 91.1 Å². The van der Waals surface area contributed by atoms with Gasteiger partial charge in [0.05, 0.1) is 18.3 Å². The number of nitrogens with zero attached hydrogens (tertiary/aromatic N) is 2. The minimum atomic E-state index is -0.187. The van der Waals surface area contributed by atoms with Gasteiger partial charge < -0.3 is 5.32 Å². The molecule has 4 aromatic rings. The lowest BCUT2D eigenvalue weighted by Gasteiger charge is -2.10. The Labute approximate surface area is 191 Å². The van der Waals surface area contributed by atoms with Crippen LogP contribution in [0.3, 0.4) is 0 Å². The average Bonchev–Trinajstić information content (AvgIpc) is 3.52. The summed E-state index contributed by atoms with van der Waals surface area (Å²) in [6.45, 7) is 0.593. The normalized spacial score (nSPS) is 13.8. The Hall–Kier alpha value is -3.82. The van der Waals surface area contributed by atoms with Crippen molar-refractivity contribution in [3.8, 4) is 11.3 Å². The highest BCUT2D eigenvalue weighted by Crippen LogP contribution is 2.24. The highest BCUT2D eigenvalue weighted by atomic mass is 16.1. The average molecular weight is 440 g/mol. The van der Waals surface area contributed by atoms with Crippen LogP contribution in [0, 0.1) is 0 Å². The fourth-order valence-corrected chi connectivity index (χ4v) is 3.79. The summed E-state index contributed by atoms with van der Waals surface area (Å²) in [5.74, 6) is -0.187. The molecule has 1 aliphatic rings. The molecule has 2 heterocycles. The van der Waals surface area contributed by atoms with Crippen molar-refractivity contribution in [1.29, 1.82) is 0 Å². The molecule has 1 fully saturated rings. The third-order valence-corrected chi connectivity index (χ3v) is 5.45. The van der Waals surface area contributed by atoms with Crippen LogP contribution in [0.4, 0.5) is 5.69 Å². The second-order valence-electron chi connectivity index (χ2n) is 7.89. The monoisotopic (exact) mass is 439 g/mol. The maximum atomic E-state index is 13.2. The lowest BCUT2D eigenvalue weighted by atomic mass is 10.1. The van der Waals surface area contributed by atoms with Crippen LogP contribution >= 0.6 is 0 Å². The summed E-state index contributed by atoms with van der Waals surface area (Å²) in [7, 11) is 0. The summed E-state index contributed by atoms with van der Waals surface area (Å²) in [6, 6.07) is 27.7. The van der Waals surface area contributed by atoms with Gasteiger partial charge in [-0.1, -0.05) is 72.8 Å². The molecule has 0 spiro atoms. The number of carbonyl (C=O) groups is 1. The van der Waals surface area contributed by atoms with Crippen molar-refractivity contribution in [2.45, 2.75) is 19.1 Å². The molecule has 0 atom stereocenters. The quantitative estimate of drug-likeness (QED) is 0.304. The molecule has 166 valence electrons. The van der Waals surface area contributed by atoms with Crippen molar-refractivity contribution in [3.63, 3.8) is 0 Å². The van der Waals surface area contributed by atoms with Gasteiger partial charge in [-0.25, -0.2) is 10.9 Å². The van der Waals surface area contributed by atoms with Crippen LogP contribution in [0.5, 0.6) is 0 Å². The molecule has 1 saturated heterocycles. The first-order valence-corrected chi connectivity index (χ1v) is 10.8. The highest BCUT2D eigenvalue weighted by Gasteiger charge is 2.19. The van der Waals surface area contributed by atoms with Gasteiger partial charge in [-0.05, 0) is 23.3 Å². The Morgan fingerprint density at radius 3 is 2.21 bits per heavy atom. The van der Waals surface area contributed by atoms with Gasteiger partial charge >= 0.3 is 0 Å². The molecule has 33 heavy (non-hydrogen) atoms. The summed E-state index contributed by atoms with van der Waals surface area (Å²) < 4.78 is 1.82. The SMILES string of the molecule is O=C(Nc1ccc(CC2NNNN2)cc1)c1cn(Cc2ccccc2)nc1-c1ccccc1. The predicted octanol–water partition coefficient (Wildman–Crippen LogP) is 2.84. The lowest BCUT2D eigenvalue weighted by molar-refractivity contribution is 0.102. The van der Waals surface area contributed by atoms with Crippen LogP contribution < -0.4 is 27.2 Å². The minimum absolute atomic E-state index is 0.0920. The van der Waals surface area contributed by atoms with E-state index in [1.54, 1.807) is 0 Å². The van der Waals surface area contributed by atoms with E-state index >= 15 is 0 Å². The van der Waals surface area contributed by atoms with E-state index in [1.165, 1.54) is 0 Å². The van der Waals surface area contributed by atoms with Crippen molar-refractivity contribution in [3.05, 3.63) is 108 Å². The zero-order valence-electron chi connectivity index (χ0n) is 18.0. The molecule has 1 aliphatic heterocycles. The third-order valence-electron chi connectivity index (χ3n) is 5.45. The molecular formula is C25H25N7O. The molecule has 5 N–H and O–H groups in total. The number of nitrogens with one attached hydrogen (secondary N) is 5. The molecule has 5 rings (SSSR count). The highest BCUT2D eigenvalue weighted by molar-refractivity contribution is 6.08. The standard InChI is InChI=1S/C25H25N7O/c33-25(26-21-13-11-18(12-14-21)15-23-27-30-31-28-23)22-17-32(16-19-7-3-1-4-8-19)29-24(22)20-9-5-2-6-10-20/h1-14,17,23,27-28,30-31H,15-16H2,(H,26,33). The van der Waals surface area contributed by atoms with E-state index in [-0.39, 0.29) is 12.1 Å². The number of carbonyl (C=O) groups excluding carboxylic acids is 1. The number of benzene rings is 3. The van der Waals surface area contributed by atoms with Gasteiger partial charge in [0.15, 0.2) is 0 Å². The summed E-state index contributed by atoms with van der Waals surface area (Å²) >= 11 is 0. The van der Waals surface area contributed by atoms with E-state index in [0.29, 0.717) is 17.8 Å². The van der Waals surface area contributed by atoms with E-state index in [9.17, 15) is 4.79 Å². The Morgan fingerprint density at radius 1 is 0.848 bits per heavy atom. The summed E-state index contributed by atoms with van der Waals surface area (Å²) in [6.07, 6.45) is 2.70. The van der Waals surface area contributed by atoms with Crippen LogP contribution in [0.1, 0.15) is 21.5 Å². The number of hydrazine groups is 3. The topological polar surface area (TPSA) is 95.0 Å². The van der Waals surface area contributed by atoms with E-state index in [1.807, 2.05) is 95.8 Å². The second kappa shape index (κ2) is 9.76. The first kappa shape index (κ1) is 21.0. The Kier molecular flexibility index (Phi) is 6.23. The van der Waals surface area contributed by atoms with Crippen molar-refractivity contribution < 1.29 is 4.79 Å². The van der Waals surface area contributed by atoms with Crippen LogP contribution in [0.25, 0.3) is 11.3 Å². The van der Waals surface area contributed by atoms with E-state index in [2.05, 4.69) is 27.2 Å². The molecular weight excluding hydrogens is 414 g/mol. The molecule has 8 nitrogen and oxygen atoms in total. The Bertz CT molecular complexity index is 1200. The Balaban J connectivity index is 1.36. The summed E-state index contributed by atoms with van der Waals surface area (Å²) in [5, 5.41) is 7.76. The minimum Gasteiger partial charge on any atom is -0.322 e. The number of rotatable bonds is 7.